The van der Waals surface area contributed by atoms with E-state index in [1.165, 1.54) is 17.1 Å². The van der Waals surface area contributed by atoms with Gasteiger partial charge in [0.1, 0.15) is 0 Å². The fourth-order valence-corrected chi connectivity index (χ4v) is 1.14. The summed E-state index contributed by atoms with van der Waals surface area (Å²) in [5.41, 5.74) is 0.516. The predicted molar refractivity (Wildman–Crippen MR) is 51.8 cm³/mol. The van der Waals surface area contributed by atoms with Crippen LogP contribution in [0.3, 0.4) is 0 Å². The molecule has 2 aromatic heterocycles. The second-order valence-electron chi connectivity index (χ2n) is 2.67. The summed E-state index contributed by atoms with van der Waals surface area (Å²) in [5.74, 6) is 0.627. The van der Waals surface area contributed by atoms with Crippen LogP contribution in [0.1, 0.15) is 10.4 Å². The van der Waals surface area contributed by atoms with Gasteiger partial charge in [-0.2, -0.15) is 5.10 Å². The molecule has 0 saturated heterocycles. The lowest BCUT2D eigenvalue weighted by Crippen LogP contribution is -1.96. The van der Waals surface area contributed by atoms with Crippen LogP contribution >= 0.6 is 11.6 Å². The number of carbonyl (C=O) groups excluding carboxylic acids is 1. The van der Waals surface area contributed by atoms with Crippen molar-refractivity contribution in [3.8, 4) is 5.82 Å². The normalized spacial score (nSPS) is 10.1. The minimum Gasteiger partial charge on any atom is -0.298 e. The first kappa shape index (κ1) is 8.90. The van der Waals surface area contributed by atoms with Gasteiger partial charge < -0.3 is 0 Å². The van der Waals surface area contributed by atoms with Gasteiger partial charge in [-0.1, -0.05) is 11.6 Å². The number of aromatic nitrogens is 3. The van der Waals surface area contributed by atoms with Crippen molar-refractivity contribution in [1.29, 1.82) is 0 Å². The first-order valence-corrected chi connectivity index (χ1v) is 4.29. The van der Waals surface area contributed by atoms with Crippen LogP contribution < -0.4 is 0 Å². The van der Waals surface area contributed by atoms with Gasteiger partial charge in [0.15, 0.2) is 12.1 Å². The summed E-state index contributed by atoms with van der Waals surface area (Å²) in [6.07, 6.45) is 5.34. The van der Waals surface area contributed by atoms with E-state index in [0.717, 1.165) is 6.29 Å². The molecule has 4 nitrogen and oxygen atoms in total. The van der Waals surface area contributed by atoms with Crippen LogP contribution in [-0.4, -0.2) is 21.1 Å². The SMILES string of the molecule is O=Cc1cnn(-c2ccc(Cl)cn2)c1. The molecule has 2 heterocycles. The van der Waals surface area contributed by atoms with Crippen molar-refractivity contribution in [1.82, 2.24) is 14.8 Å². The fraction of sp³-hybridized carbons (Fsp3) is 0. The van der Waals surface area contributed by atoms with E-state index < -0.39 is 0 Å². The molecule has 2 rings (SSSR count). The van der Waals surface area contributed by atoms with Crippen LogP contribution in [-0.2, 0) is 0 Å². The van der Waals surface area contributed by atoms with Crippen molar-refractivity contribution < 1.29 is 4.79 Å². The zero-order valence-corrected chi connectivity index (χ0v) is 7.85. The van der Waals surface area contributed by atoms with Crippen LogP contribution in [0.5, 0.6) is 0 Å². The van der Waals surface area contributed by atoms with Gasteiger partial charge in [-0.15, -0.1) is 0 Å². The van der Waals surface area contributed by atoms with E-state index in [1.54, 1.807) is 18.3 Å². The highest BCUT2D eigenvalue weighted by molar-refractivity contribution is 6.30. The smallest absolute Gasteiger partial charge is 0.153 e. The molecule has 0 radical (unpaired) electrons. The van der Waals surface area contributed by atoms with Gasteiger partial charge in [-0.25, -0.2) is 9.67 Å². The van der Waals surface area contributed by atoms with Crippen LogP contribution in [0.25, 0.3) is 5.82 Å². The second kappa shape index (κ2) is 3.59. The fourth-order valence-electron chi connectivity index (χ4n) is 1.03. The lowest BCUT2D eigenvalue weighted by molar-refractivity contribution is 0.112. The molecule has 0 aliphatic heterocycles. The summed E-state index contributed by atoms with van der Waals surface area (Å²) in [7, 11) is 0. The summed E-state index contributed by atoms with van der Waals surface area (Å²) in [6.45, 7) is 0. The van der Waals surface area contributed by atoms with Gasteiger partial charge in [0.25, 0.3) is 0 Å². The second-order valence-corrected chi connectivity index (χ2v) is 3.11. The van der Waals surface area contributed by atoms with E-state index in [4.69, 9.17) is 11.6 Å². The molecule has 0 atom stereocenters. The van der Waals surface area contributed by atoms with Crippen molar-refractivity contribution in [3.05, 3.63) is 41.3 Å². The Hall–Kier alpha value is -1.68. The Morgan fingerprint density at radius 1 is 1.36 bits per heavy atom. The van der Waals surface area contributed by atoms with Crippen LogP contribution in [0, 0.1) is 0 Å². The molecule has 0 bridgehead atoms. The van der Waals surface area contributed by atoms with Gasteiger partial charge >= 0.3 is 0 Å². The first-order valence-electron chi connectivity index (χ1n) is 3.91. The molecule has 0 aromatic carbocycles. The van der Waals surface area contributed by atoms with Crippen molar-refractivity contribution in [2.45, 2.75) is 0 Å². The average molecular weight is 208 g/mol. The topological polar surface area (TPSA) is 47.8 Å². The Morgan fingerprint density at radius 2 is 2.21 bits per heavy atom. The third kappa shape index (κ3) is 1.65. The highest BCUT2D eigenvalue weighted by Crippen LogP contribution is 2.09. The molecule has 14 heavy (non-hydrogen) atoms. The van der Waals surface area contributed by atoms with Crippen LogP contribution in [0.4, 0.5) is 0 Å². The standard InChI is InChI=1S/C9H6ClN3O/c10-8-1-2-9(11-4-8)13-5-7(6-14)3-12-13/h1-6H. The molecule has 0 N–H and O–H groups in total. The van der Waals surface area contributed by atoms with Crippen molar-refractivity contribution in [2.75, 3.05) is 0 Å². The number of rotatable bonds is 2. The summed E-state index contributed by atoms with van der Waals surface area (Å²) >= 11 is 5.68. The lowest BCUT2D eigenvalue weighted by Gasteiger charge is -1.98. The minimum absolute atomic E-state index is 0.516. The van der Waals surface area contributed by atoms with Gasteiger partial charge in [-0.05, 0) is 12.1 Å². The number of carbonyl (C=O) groups is 1. The van der Waals surface area contributed by atoms with Crippen molar-refractivity contribution >= 4 is 17.9 Å². The number of aldehydes is 1. The van der Waals surface area contributed by atoms with Gasteiger partial charge in [-0.3, -0.25) is 4.79 Å². The lowest BCUT2D eigenvalue weighted by atomic mass is 10.4. The first-order chi connectivity index (χ1) is 6.79. The average Bonchev–Trinajstić information content (AvgIpc) is 2.67. The van der Waals surface area contributed by atoms with Gasteiger partial charge in [0.2, 0.25) is 0 Å². The third-order valence-electron chi connectivity index (χ3n) is 1.69. The highest BCUT2D eigenvalue weighted by Gasteiger charge is 2.00. The maximum absolute atomic E-state index is 10.4. The minimum atomic E-state index is 0.516. The van der Waals surface area contributed by atoms with Crippen molar-refractivity contribution in [2.24, 2.45) is 0 Å². The Morgan fingerprint density at radius 3 is 2.79 bits per heavy atom. The van der Waals surface area contributed by atoms with E-state index >= 15 is 0 Å². The molecule has 0 unspecified atom stereocenters. The summed E-state index contributed by atoms with van der Waals surface area (Å²) in [6, 6.07) is 3.44. The maximum atomic E-state index is 10.4. The Bertz CT molecular complexity index is 449. The molecule has 0 amide bonds. The maximum Gasteiger partial charge on any atom is 0.153 e. The molecule has 0 aliphatic rings. The molecule has 0 saturated carbocycles. The summed E-state index contributed by atoms with van der Waals surface area (Å²) < 4.78 is 1.51. The molecule has 0 aliphatic carbocycles. The number of halogens is 1. The van der Waals surface area contributed by atoms with E-state index in [0.29, 0.717) is 16.4 Å². The Labute approximate surface area is 85.1 Å². The number of hydrogen-bond donors (Lipinski definition) is 0. The highest BCUT2D eigenvalue weighted by atomic mass is 35.5. The van der Waals surface area contributed by atoms with E-state index in [1.807, 2.05) is 0 Å². The summed E-state index contributed by atoms with van der Waals surface area (Å²) in [4.78, 5) is 14.5. The Kier molecular flexibility index (Phi) is 2.28. The summed E-state index contributed by atoms with van der Waals surface area (Å²) in [5, 5.41) is 4.53. The number of nitrogens with zero attached hydrogens (tertiary/aromatic N) is 3. The number of hydrogen-bond acceptors (Lipinski definition) is 3. The zero-order valence-electron chi connectivity index (χ0n) is 7.09. The molecule has 5 heteroatoms. The largest absolute Gasteiger partial charge is 0.298 e. The predicted octanol–water partition coefficient (Wildman–Crippen LogP) is 1.73. The number of pyridine rings is 1. The molecule has 2 aromatic rings. The Balaban J connectivity index is 2.39. The van der Waals surface area contributed by atoms with Gasteiger partial charge in [0.05, 0.1) is 16.8 Å². The zero-order chi connectivity index (χ0) is 9.97. The van der Waals surface area contributed by atoms with Gasteiger partial charge in [0, 0.05) is 12.4 Å². The monoisotopic (exact) mass is 207 g/mol. The molecule has 70 valence electrons. The van der Waals surface area contributed by atoms with E-state index in [-0.39, 0.29) is 0 Å². The van der Waals surface area contributed by atoms with Crippen LogP contribution in [0.15, 0.2) is 30.7 Å². The van der Waals surface area contributed by atoms with E-state index in [9.17, 15) is 4.79 Å². The molecular weight excluding hydrogens is 202 g/mol. The molecule has 0 fully saturated rings. The molecular formula is C9H6ClN3O. The quantitative estimate of drug-likeness (QED) is 0.705. The third-order valence-corrected chi connectivity index (χ3v) is 1.91. The van der Waals surface area contributed by atoms with E-state index in [2.05, 4.69) is 10.1 Å². The van der Waals surface area contributed by atoms with Crippen molar-refractivity contribution in [3.63, 3.8) is 0 Å². The van der Waals surface area contributed by atoms with Crippen LogP contribution in [0.2, 0.25) is 5.02 Å². The molecule has 0 spiro atoms.